The molecule has 0 saturated heterocycles. The second kappa shape index (κ2) is 6.89. The minimum atomic E-state index is -0.631. The van der Waals surface area contributed by atoms with Crippen LogP contribution >= 0.6 is 0 Å². The highest BCUT2D eigenvalue weighted by Gasteiger charge is 2.35. The topological polar surface area (TPSA) is 40.5 Å². The Kier molecular flexibility index (Phi) is 5.18. The summed E-state index contributed by atoms with van der Waals surface area (Å²) in [6.45, 7) is 3.15. The van der Waals surface area contributed by atoms with Crippen molar-refractivity contribution in [2.24, 2.45) is 11.8 Å². The summed E-state index contributed by atoms with van der Waals surface area (Å²) in [7, 11) is 2.07. The fourth-order valence-electron chi connectivity index (χ4n) is 3.24. The fraction of sp³-hybridized carbons (Fsp3) is 0.588. The molecule has 0 aliphatic heterocycles. The van der Waals surface area contributed by atoms with Crippen molar-refractivity contribution in [2.45, 2.75) is 38.6 Å². The molecule has 20 heavy (non-hydrogen) atoms. The lowest BCUT2D eigenvalue weighted by Crippen LogP contribution is -2.45. The maximum atomic E-state index is 11.4. The largest absolute Gasteiger partial charge is 0.481 e. The quantitative estimate of drug-likeness (QED) is 0.898. The Morgan fingerprint density at radius 1 is 1.30 bits per heavy atom. The molecule has 3 atom stereocenters. The van der Waals surface area contributed by atoms with E-state index >= 15 is 0 Å². The zero-order chi connectivity index (χ0) is 14.5. The summed E-state index contributed by atoms with van der Waals surface area (Å²) in [5.41, 5.74) is 1.31. The predicted molar refractivity (Wildman–Crippen MR) is 80.7 cm³/mol. The predicted octanol–water partition coefficient (Wildman–Crippen LogP) is 3.05. The molecule has 110 valence electrons. The van der Waals surface area contributed by atoms with Crippen LogP contribution in [0.25, 0.3) is 0 Å². The molecule has 3 nitrogen and oxygen atoms in total. The average molecular weight is 275 g/mol. The number of benzene rings is 1. The Balaban J connectivity index is 1.95. The van der Waals surface area contributed by atoms with Crippen molar-refractivity contribution in [3.8, 4) is 0 Å². The monoisotopic (exact) mass is 275 g/mol. The first-order valence-corrected chi connectivity index (χ1v) is 7.55. The van der Waals surface area contributed by atoms with E-state index in [1.807, 2.05) is 6.07 Å². The van der Waals surface area contributed by atoms with Gasteiger partial charge in [0.1, 0.15) is 0 Å². The number of carboxylic acids is 1. The molecule has 1 aromatic rings. The van der Waals surface area contributed by atoms with Gasteiger partial charge in [0.25, 0.3) is 0 Å². The number of aliphatic carboxylic acids is 1. The van der Waals surface area contributed by atoms with Crippen molar-refractivity contribution in [1.29, 1.82) is 0 Å². The molecule has 0 aromatic heterocycles. The Bertz CT molecular complexity index is 432. The molecule has 2 rings (SSSR count). The summed E-state index contributed by atoms with van der Waals surface area (Å²) in [5.74, 6) is -0.199. The molecule has 0 amide bonds. The number of likely N-dealkylation sites (N-methyl/N-ethyl adjacent to an activating group) is 1. The second-order valence-electron chi connectivity index (χ2n) is 6.15. The van der Waals surface area contributed by atoms with Crippen LogP contribution in [0.1, 0.15) is 31.7 Å². The van der Waals surface area contributed by atoms with E-state index in [0.29, 0.717) is 5.92 Å². The Morgan fingerprint density at radius 2 is 2.00 bits per heavy atom. The van der Waals surface area contributed by atoms with Crippen LogP contribution in [0.4, 0.5) is 0 Å². The molecule has 3 heteroatoms. The van der Waals surface area contributed by atoms with E-state index in [0.717, 1.165) is 32.2 Å². The van der Waals surface area contributed by atoms with Gasteiger partial charge in [0.15, 0.2) is 0 Å². The van der Waals surface area contributed by atoms with Gasteiger partial charge in [0.2, 0.25) is 0 Å². The molecular formula is C17H25NO2. The van der Waals surface area contributed by atoms with E-state index in [1.54, 1.807) is 0 Å². The van der Waals surface area contributed by atoms with Crippen molar-refractivity contribution in [3.63, 3.8) is 0 Å². The fourth-order valence-corrected chi connectivity index (χ4v) is 3.24. The molecule has 1 fully saturated rings. The summed E-state index contributed by atoms with van der Waals surface area (Å²) in [6, 6.07) is 10.6. The van der Waals surface area contributed by atoms with E-state index in [4.69, 9.17) is 0 Å². The van der Waals surface area contributed by atoms with E-state index in [2.05, 4.69) is 43.1 Å². The van der Waals surface area contributed by atoms with Gasteiger partial charge in [-0.05, 0) is 44.2 Å². The van der Waals surface area contributed by atoms with Crippen LogP contribution in [0.2, 0.25) is 0 Å². The molecule has 1 aromatic carbocycles. The maximum Gasteiger partial charge on any atom is 0.308 e. The molecule has 0 spiro atoms. The molecule has 0 radical (unpaired) electrons. The van der Waals surface area contributed by atoms with E-state index in [1.165, 1.54) is 5.56 Å². The van der Waals surface area contributed by atoms with Gasteiger partial charge in [0.05, 0.1) is 5.92 Å². The van der Waals surface area contributed by atoms with Crippen molar-refractivity contribution in [1.82, 2.24) is 4.90 Å². The van der Waals surface area contributed by atoms with Crippen LogP contribution in [-0.2, 0) is 11.2 Å². The van der Waals surface area contributed by atoms with Crippen molar-refractivity contribution < 1.29 is 9.90 Å². The lowest BCUT2D eigenvalue weighted by atomic mass is 9.78. The highest BCUT2D eigenvalue weighted by atomic mass is 16.4. The summed E-state index contributed by atoms with van der Waals surface area (Å²) in [4.78, 5) is 13.7. The Morgan fingerprint density at radius 3 is 2.65 bits per heavy atom. The summed E-state index contributed by atoms with van der Waals surface area (Å²) in [6.07, 6.45) is 3.84. The zero-order valence-electron chi connectivity index (χ0n) is 12.5. The first-order valence-electron chi connectivity index (χ1n) is 7.55. The van der Waals surface area contributed by atoms with Gasteiger partial charge in [-0.15, -0.1) is 0 Å². The highest BCUT2D eigenvalue weighted by molar-refractivity contribution is 5.71. The van der Waals surface area contributed by atoms with Crippen LogP contribution in [0.15, 0.2) is 30.3 Å². The van der Waals surface area contributed by atoms with Gasteiger partial charge in [-0.25, -0.2) is 0 Å². The Labute approximate surface area is 121 Å². The van der Waals surface area contributed by atoms with Gasteiger partial charge >= 0.3 is 5.97 Å². The minimum Gasteiger partial charge on any atom is -0.481 e. The number of hydrogen-bond donors (Lipinski definition) is 1. The molecule has 0 heterocycles. The molecule has 1 saturated carbocycles. The smallest absolute Gasteiger partial charge is 0.308 e. The maximum absolute atomic E-state index is 11.4. The minimum absolute atomic E-state index is 0.181. The van der Waals surface area contributed by atoms with Crippen molar-refractivity contribution in [2.75, 3.05) is 13.6 Å². The Hall–Kier alpha value is -1.35. The number of carboxylic acid groups (broad SMARTS) is 1. The number of nitrogens with zero attached hydrogens (tertiary/aromatic N) is 1. The van der Waals surface area contributed by atoms with Crippen LogP contribution in [-0.4, -0.2) is 35.6 Å². The van der Waals surface area contributed by atoms with Crippen molar-refractivity contribution in [3.05, 3.63) is 35.9 Å². The summed E-state index contributed by atoms with van der Waals surface area (Å²) in [5, 5.41) is 9.40. The summed E-state index contributed by atoms with van der Waals surface area (Å²) < 4.78 is 0. The third kappa shape index (κ3) is 3.83. The first-order chi connectivity index (χ1) is 9.58. The lowest BCUT2D eigenvalue weighted by molar-refractivity contribution is -0.145. The van der Waals surface area contributed by atoms with Gasteiger partial charge in [-0.2, -0.15) is 0 Å². The second-order valence-corrected chi connectivity index (χ2v) is 6.15. The standard InChI is InChI=1S/C17H25NO2/c1-13-8-9-15(17(19)20)16(12-13)18(2)11-10-14-6-4-3-5-7-14/h3-7,13,15-16H,8-12H2,1-2H3,(H,19,20). The van der Waals surface area contributed by atoms with E-state index in [-0.39, 0.29) is 12.0 Å². The normalized spacial score (nSPS) is 26.6. The molecule has 1 aliphatic carbocycles. The van der Waals surface area contributed by atoms with Gasteiger partial charge in [0, 0.05) is 12.6 Å². The zero-order valence-corrected chi connectivity index (χ0v) is 12.5. The third-order valence-electron chi connectivity index (χ3n) is 4.56. The van der Waals surface area contributed by atoms with Crippen LogP contribution in [0, 0.1) is 11.8 Å². The molecule has 3 unspecified atom stereocenters. The third-order valence-corrected chi connectivity index (χ3v) is 4.56. The van der Waals surface area contributed by atoms with Gasteiger partial charge in [-0.1, -0.05) is 37.3 Å². The molecule has 0 bridgehead atoms. The number of rotatable bonds is 5. The van der Waals surface area contributed by atoms with E-state index < -0.39 is 5.97 Å². The number of hydrogen-bond acceptors (Lipinski definition) is 2. The molecular weight excluding hydrogens is 250 g/mol. The van der Waals surface area contributed by atoms with E-state index in [9.17, 15) is 9.90 Å². The van der Waals surface area contributed by atoms with Crippen LogP contribution < -0.4 is 0 Å². The molecule has 1 aliphatic rings. The SMILES string of the molecule is CC1CCC(C(=O)O)C(N(C)CCc2ccccc2)C1. The van der Waals surface area contributed by atoms with Gasteiger partial charge in [-0.3, -0.25) is 4.79 Å². The van der Waals surface area contributed by atoms with Crippen LogP contribution in [0.3, 0.4) is 0 Å². The lowest BCUT2D eigenvalue weighted by Gasteiger charge is -2.38. The summed E-state index contributed by atoms with van der Waals surface area (Å²) >= 11 is 0. The molecule has 1 N–H and O–H groups in total. The average Bonchev–Trinajstić information content (AvgIpc) is 2.45. The first kappa shape index (κ1) is 15.0. The highest BCUT2D eigenvalue weighted by Crippen LogP contribution is 2.32. The van der Waals surface area contributed by atoms with Crippen molar-refractivity contribution >= 4 is 5.97 Å². The van der Waals surface area contributed by atoms with Crippen LogP contribution in [0.5, 0.6) is 0 Å². The van der Waals surface area contributed by atoms with Gasteiger partial charge < -0.3 is 10.0 Å². The number of carbonyl (C=O) groups is 1.